The molecule has 0 aliphatic rings. The highest BCUT2D eigenvalue weighted by molar-refractivity contribution is 5.71. The summed E-state index contributed by atoms with van der Waals surface area (Å²) in [5, 5.41) is 8.50. The van der Waals surface area contributed by atoms with Gasteiger partial charge in [-0.15, -0.1) is 0 Å². The van der Waals surface area contributed by atoms with E-state index in [4.69, 9.17) is 19.3 Å². The van der Waals surface area contributed by atoms with E-state index in [-0.39, 0.29) is 0 Å². The van der Waals surface area contributed by atoms with E-state index >= 15 is 0 Å². The molecule has 0 bridgehead atoms. The monoisotopic (exact) mass is 220 g/mol. The second-order valence-corrected chi connectivity index (χ2v) is 3.08. The number of carboxylic acid groups (broad SMARTS) is 1. The predicted octanol–water partition coefficient (Wildman–Crippen LogP) is 0.919. The van der Waals surface area contributed by atoms with Gasteiger partial charge in [0.1, 0.15) is 0 Å². The fourth-order valence-corrected chi connectivity index (χ4v) is 0.821. The lowest BCUT2D eigenvalue weighted by Crippen LogP contribution is -2.22. The Hall–Kier alpha value is -0.650. The van der Waals surface area contributed by atoms with Gasteiger partial charge in [-0.2, -0.15) is 0 Å². The predicted molar refractivity (Wildman–Crippen MR) is 55.0 cm³/mol. The maximum absolute atomic E-state index is 10.4. The van der Waals surface area contributed by atoms with Crippen LogP contribution in [0.15, 0.2) is 0 Å². The summed E-state index contributed by atoms with van der Waals surface area (Å²) in [6.07, 6.45) is 0.226. The van der Waals surface area contributed by atoms with Crippen LogP contribution in [0.25, 0.3) is 0 Å². The van der Waals surface area contributed by atoms with Crippen LogP contribution in [-0.2, 0) is 19.0 Å². The molecule has 5 heteroatoms. The first-order valence-electron chi connectivity index (χ1n) is 5.18. The average molecular weight is 220 g/mol. The molecule has 0 amide bonds. The van der Waals surface area contributed by atoms with Crippen molar-refractivity contribution in [1.82, 2.24) is 0 Å². The first-order chi connectivity index (χ1) is 7.18. The molecule has 90 valence electrons. The van der Waals surface area contributed by atoms with Gasteiger partial charge in [-0.05, 0) is 13.3 Å². The van der Waals surface area contributed by atoms with Gasteiger partial charge in [-0.3, -0.25) is 0 Å². The van der Waals surface area contributed by atoms with Crippen LogP contribution in [0.2, 0.25) is 0 Å². The van der Waals surface area contributed by atoms with Crippen LogP contribution in [0, 0.1) is 0 Å². The van der Waals surface area contributed by atoms with E-state index in [9.17, 15) is 4.79 Å². The van der Waals surface area contributed by atoms with Gasteiger partial charge in [-0.25, -0.2) is 4.79 Å². The van der Waals surface area contributed by atoms with Gasteiger partial charge in [-0.1, -0.05) is 6.92 Å². The molecule has 0 radical (unpaired) electrons. The molecule has 0 saturated heterocycles. The Morgan fingerprint density at radius 1 is 1.13 bits per heavy atom. The molecule has 0 heterocycles. The third-order valence-corrected chi connectivity index (χ3v) is 1.66. The summed E-state index contributed by atoms with van der Waals surface area (Å²) in [5.41, 5.74) is 0. The summed E-state index contributed by atoms with van der Waals surface area (Å²) in [4.78, 5) is 10.4. The van der Waals surface area contributed by atoms with Gasteiger partial charge >= 0.3 is 5.97 Å². The normalized spacial score (nSPS) is 12.7. The van der Waals surface area contributed by atoms with Crippen molar-refractivity contribution >= 4 is 5.97 Å². The van der Waals surface area contributed by atoms with Gasteiger partial charge < -0.3 is 19.3 Å². The maximum atomic E-state index is 10.4. The molecule has 0 saturated carbocycles. The van der Waals surface area contributed by atoms with Crippen molar-refractivity contribution < 1.29 is 24.1 Å². The van der Waals surface area contributed by atoms with Crippen LogP contribution in [0.5, 0.6) is 0 Å². The summed E-state index contributed by atoms with van der Waals surface area (Å²) < 4.78 is 15.3. The molecule has 0 aromatic heterocycles. The highest BCUT2D eigenvalue weighted by atomic mass is 16.6. The summed E-state index contributed by atoms with van der Waals surface area (Å²) in [5.74, 6) is -0.957. The van der Waals surface area contributed by atoms with Crippen LogP contribution < -0.4 is 0 Å². The van der Waals surface area contributed by atoms with Crippen molar-refractivity contribution in [3.8, 4) is 0 Å². The number of hydrogen-bond donors (Lipinski definition) is 1. The van der Waals surface area contributed by atoms with Crippen LogP contribution in [0.4, 0.5) is 0 Å². The van der Waals surface area contributed by atoms with E-state index < -0.39 is 12.1 Å². The molecule has 0 aliphatic carbocycles. The Balaban J connectivity index is 3.08. The lowest BCUT2D eigenvalue weighted by atomic mass is 10.4. The lowest BCUT2D eigenvalue weighted by Gasteiger charge is -2.08. The van der Waals surface area contributed by atoms with Crippen molar-refractivity contribution in [3.63, 3.8) is 0 Å². The van der Waals surface area contributed by atoms with Crippen LogP contribution >= 0.6 is 0 Å². The summed E-state index contributed by atoms with van der Waals surface area (Å²) in [6, 6.07) is 0. The summed E-state index contributed by atoms with van der Waals surface area (Å²) >= 11 is 0. The van der Waals surface area contributed by atoms with Gasteiger partial charge in [0.25, 0.3) is 0 Å². The number of aliphatic carboxylic acids is 1. The molecule has 0 aliphatic heterocycles. The maximum Gasteiger partial charge on any atom is 0.332 e. The lowest BCUT2D eigenvalue weighted by molar-refractivity contribution is -0.150. The Labute approximate surface area is 90.3 Å². The zero-order chi connectivity index (χ0) is 11.5. The standard InChI is InChI=1S/C10H20O5/c1-3-4-13-5-6-14-7-8-15-9(2)10(11)12/h9H,3-8H2,1-2H3,(H,11,12). The third kappa shape index (κ3) is 9.65. The highest BCUT2D eigenvalue weighted by Gasteiger charge is 2.09. The Morgan fingerprint density at radius 2 is 1.67 bits per heavy atom. The van der Waals surface area contributed by atoms with E-state index in [1.807, 2.05) is 6.92 Å². The zero-order valence-corrected chi connectivity index (χ0v) is 9.40. The van der Waals surface area contributed by atoms with Crippen molar-refractivity contribution in [1.29, 1.82) is 0 Å². The van der Waals surface area contributed by atoms with Crippen molar-refractivity contribution in [2.75, 3.05) is 33.0 Å². The van der Waals surface area contributed by atoms with Gasteiger partial charge in [0.05, 0.1) is 26.4 Å². The second kappa shape index (κ2) is 9.89. The smallest absolute Gasteiger partial charge is 0.332 e. The van der Waals surface area contributed by atoms with Crippen LogP contribution in [-0.4, -0.2) is 50.2 Å². The molecule has 0 aromatic carbocycles. The van der Waals surface area contributed by atoms with Crippen molar-refractivity contribution in [2.45, 2.75) is 26.4 Å². The Morgan fingerprint density at radius 3 is 2.20 bits per heavy atom. The summed E-state index contributed by atoms with van der Waals surface area (Å²) in [7, 11) is 0. The number of rotatable bonds is 10. The van der Waals surface area contributed by atoms with E-state index in [2.05, 4.69) is 0 Å². The molecule has 1 atom stereocenters. The molecule has 0 aromatic rings. The molecular formula is C10H20O5. The van der Waals surface area contributed by atoms with Crippen molar-refractivity contribution in [3.05, 3.63) is 0 Å². The van der Waals surface area contributed by atoms with Crippen LogP contribution in [0.1, 0.15) is 20.3 Å². The minimum atomic E-state index is -0.957. The SMILES string of the molecule is CCCOCCOCCOC(C)C(=O)O. The molecule has 0 rings (SSSR count). The average Bonchev–Trinajstić information content (AvgIpc) is 2.21. The number of carbonyl (C=O) groups is 1. The van der Waals surface area contributed by atoms with Gasteiger partial charge in [0, 0.05) is 6.61 Å². The highest BCUT2D eigenvalue weighted by Crippen LogP contribution is 1.90. The Kier molecular flexibility index (Phi) is 9.46. The number of carboxylic acids is 1. The quantitative estimate of drug-likeness (QED) is 0.554. The topological polar surface area (TPSA) is 65.0 Å². The fraction of sp³-hybridized carbons (Fsp3) is 0.900. The first kappa shape index (κ1) is 14.3. The minimum Gasteiger partial charge on any atom is -0.479 e. The number of hydrogen-bond acceptors (Lipinski definition) is 4. The van der Waals surface area contributed by atoms with Crippen LogP contribution in [0.3, 0.4) is 0 Å². The third-order valence-electron chi connectivity index (χ3n) is 1.66. The number of ether oxygens (including phenoxy) is 3. The van der Waals surface area contributed by atoms with Gasteiger partial charge in [0.2, 0.25) is 0 Å². The zero-order valence-electron chi connectivity index (χ0n) is 9.40. The summed E-state index contributed by atoms with van der Waals surface area (Å²) in [6.45, 7) is 6.06. The molecule has 1 N–H and O–H groups in total. The first-order valence-corrected chi connectivity index (χ1v) is 5.18. The Bertz CT molecular complexity index is 160. The molecule has 15 heavy (non-hydrogen) atoms. The fourth-order valence-electron chi connectivity index (χ4n) is 0.821. The van der Waals surface area contributed by atoms with E-state index in [0.717, 1.165) is 13.0 Å². The van der Waals surface area contributed by atoms with E-state index in [1.54, 1.807) is 0 Å². The largest absolute Gasteiger partial charge is 0.479 e. The van der Waals surface area contributed by atoms with E-state index in [0.29, 0.717) is 26.4 Å². The molecule has 0 spiro atoms. The second-order valence-electron chi connectivity index (χ2n) is 3.08. The molecule has 5 nitrogen and oxygen atoms in total. The minimum absolute atomic E-state index is 0.293. The van der Waals surface area contributed by atoms with Crippen molar-refractivity contribution in [2.24, 2.45) is 0 Å². The van der Waals surface area contributed by atoms with E-state index in [1.165, 1.54) is 6.92 Å². The molecule has 0 fully saturated rings. The van der Waals surface area contributed by atoms with Gasteiger partial charge in [0.15, 0.2) is 6.10 Å². The molecule has 1 unspecified atom stereocenters. The molecular weight excluding hydrogens is 200 g/mol.